The number of hydrogen-bond donors (Lipinski definition) is 1. The standard InChI is InChI=1S/C20H19ClF2N4OS/c1-11(2)19(28)18(21)16(8-24)27-6-5-13-15(9-27)25-10-26-20(13)29-17-4-3-12(22)7-14(17)23/h3-4,7-8,10-11,24H,5-6,9H2,1-2H3/b18-16-,24-8?. The third kappa shape index (κ3) is 4.64. The van der Waals surface area contributed by atoms with Crippen molar-refractivity contribution in [3.63, 3.8) is 0 Å². The Morgan fingerprint density at radius 1 is 1.34 bits per heavy atom. The smallest absolute Gasteiger partial charge is 0.178 e. The maximum atomic E-state index is 14.0. The second-order valence-electron chi connectivity index (χ2n) is 6.81. The molecule has 152 valence electrons. The van der Waals surface area contributed by atoms with Gasteiger partial charge >= 0.3 is 0 Å². The van der Waals surface area contributed by atoms with Crippen molar-refractivity contribution in [2.45, 2.75) is 36.7 Å². The number of carbonyl (C=O) groups is 1. The molecule has 0 amide bonds. The number of allylic oxidation sites excluding steroid dienone is 2. The topological polar surface area (TPSA) is 69.9 Å². The summed E-state index contributed by atoms with van der Waals surface area (Å²) in [4.78, 5) is 22.9. The van der Waals surface area contributed by atoms with Crippen LogP contribution in [-0.2, 0) is 17.8 Å². The first kappa shape index (κ1) is 21.4. The number of aromatic nitrogens is 2. The van der Waals surface area contributed by atoms with Crippen LogP contribution in [0, 0.1) is 23.0 Å². The molecule has 5 nitrogen and oxygen atoms in total. The molecular formula is C20H19ClF2N4OS. The van der Waals surface area contributed by atoms with E-state index >= 15 is 0 Å². The van der Waals surface area contributed by atoms with Crippen LogP contribution in [-0.4, -0.2) is 33.4 Å². The Morgan fingerprint density at radius 3 is 2.76 bits per heavy atom. The number of rotatable bonds is 6. The first-order valence-electron chi connectivity index (χ1n) is 8.96. The highest BCUT2D eigenvalue weighted by molar-refractivity contribution is 7.99. The summed E-state index contributed by atoms with van der Waals surface area (Å²) in [5.74, 6) is -1.77. The van der Waals surface area contributed by atoms with Crippen molar-refractivity contribution >= 4 is 35.4 Å². The number of nitrogens with zero attached hydrogens (tertiary/aromatic N) is 3. The molecule has 0 bridgehead atoms. The van der Waals surface area contributed by atoms with E-state index in [4.69, 9.17) is 17.0 Å². The van der Waals surface area contributed by atoms with Gasteiger partial charge < -0.3 is 10.3 Å². The second-order valence-corrected chi connectivity index (χ2v) is 8.22. The molecule has 0 aliphatic carbocycles. The number of ketones is 1. The van der Waals surface area contributed by atoms with E-state index in [2.05, 4.69) is 9.97 Å². The normalized spacial score (nSPS) is 14.5. The average Bonchev–Trinajstić information content (AvgIpc) is 2.69. The van der Waals surface area contributed by atoms with Crippen LogP contribution in [0.1, 0.15) is 25.1 Å². The fourth-order valence-corrected chi connectivity index (χ4v) is 4.29. The van der Waals surface area contributed by atoms with Gasteiger partial charge in [-0.3, -0.25) is 4.79 Å². The van der Waals surface area contributed by atoms with E-state index in [9.17, 15) is 13.6 Å². The molecule has 2 aromatic rings. The van der Waals surface area contributed by atoms with Crippen LogP contribution in [0.2, 0.25) is 0 Å². The van der Waals surface area contributed by atoms with E-state index in [1.807, 2.05) is 4.90 Å². The summed E-state index contributed by atoms with van der Waals surface area (Å²) in [5.41, 5.74) is 1.94. The molecular weight excluding hydrogens is 418 g/mol. The van der Waals surface area contributed by atoms with Crippen LogP contribution in [0.3, 0.4) is 0 Å². The monoisotopic (exact) mass is 436 g/mol. The second kappa shape index (κ2) is 9.00. The quantitative estimate of drug-likeness (QED) is 0.407. The van der Waals surface area contributed by atoms with Crippen molar-refractivity contribution in [2.75, 3.05) is 6.54 Å². The van der Waals surface area contributed by atoms with Gasteiger partial charge in [0.05, 0.1) is 17.9 Å². The Hall–Kier alpha value is -2.32. The highest BCUT2D eigenvalue weighted by Crippen LogP contribution is 2.34. The molecule has 2 heterocycles. The van der Waals surface area contributed by atoms with Crippen molar-refractivity contribution in [2.24, 2.45) is 5.92 Å². The van der Waals surface area contributed by atoms with Crippen molar-refractivity contribution in [1.82, 2.24) is 14.9 Å². The lowest BCUT2D eigenvalue weighted by molar-refractivity contribution is -0.117. The van der Waals surface area contributed by atoms with Crippen molar-refractivity contribution < 1.29 is 13.6 Å². The summed E-state index contributed by atoms with van der Waals surface area (Å²) in [5, 5.41) is 8.35. The zero-order valence-electron chi connectivity index (χ0n) is 15.9. The third-order valence-corrected chi connectivity index (χ3v) is 5.99. The van der Waals surface area contributed by atoms with Crippen LogP contribution < -0.4 is 0 Å². The Morgan fingerprint density at radius 2 is 2.10 bits per heavy atom. The fourth-order valence-electron chi connectivity index (χ4n) is 2.95. The number of fused-ring (bicyclic) bond motifs is 1. The largest absolute Gasteiger partial charge is 0.363 e. The van der Waals surface area contributed by atoms with Gasteiger partial charge in [0.15, 0.2) is 5.78 Å². The van der Waals surface area contributed by atoms with Crippen LogP contribution in [0.25, 0.3) is 0 Å². The summed E-state index contributed by atoms with van der Waals surface area (Å²) in [7, 11) is 0. The number of hydrogen-bond acceptors (Lipinski definition) is 6. The molecule has 1 aliphatic rings. The summed E-state index contributed by atoms with van der Waals surface area (Å²) in [6, 6.07) is 3.43. The molecule has 1 aliphatic heterocycles. The van der Waals surface area contributed by atoms with Gasteiger partial charge in [-0.25, -0.2) is 18.7 Å². The lowest BCUT2D eigenvalue weighted by Gasteiger charge is -2.31. The molecule has 0 unspecified atom stereocenters. The number of nitrogens with one attached hydrogen (secondary N) is 1. The molecule has 0 radical (unpaired) electrons. The zero-order chi connectivity index (χ0) is 21.1. The zero-order valence-corrected chi connectivity index (χ0v) is 17.4. The minimum absolute atomic E-state index is 0.0375. The fraction of sp³-hybridized carbons (Fsp3) is 0.300. The van der Waals surface area contributed by atoms with E-state index in [-0.39, 0.29) is 21.6 Å². The van der Waals surface area contributed by atoms with Gasteiger partial charge in [0.1, 0.15) is 28.0 Å². The number of halogens is 3. The molecule has 29 heavy (non-hydrogen) atoms. The molecule has 3 rings (SSSR count). The van der Waals surface area contributed by atoms with Gasteiger partial charge in [-0.15, -0.1) is 0 Å². The van der Waals surface area contributed by atoms with Crippen LogP contribution in [0.15, 0.2) is 45.2 Å². The number of carbonyl (C=O) groups excluding carboxylic acids is 1. The lowest BCUT2D eigenvalue weighted by Crippen LogP contribution is -2.33. The SMILES string of the molecule is CC(C)C(=O)/C(Cl)=C(\C=N)N1CCc2c(ncnc2Sc2ccc(F)cc2F)C1. The molecule has 1 aromatic heterocycles. The molecule has 9 heteroatoms. The van der Waals surface area contributed by atoms with E-state index in [1.165, 1.54) is 18.5 Å². The summed E-state index contributed by atoms with van der Waals surface area (Å²) in [6.45, 7) is 4.36. The number of Topliss-reactive ketones (excluding diaryl/α,β-unsaturated/α-hetero) is 1. The van der Waals surface area contributed by atoms with Gasteiger partial charge in [-0.1, -0.05) is 37.2 Å². The third-order valence-electron chi connectivity index (χ3n) is 4.51. The summed E-state index contributed by atoms with van der Waals surface area (Å²) < 4.78 is 27.2. The molecule has 0 saturated heterocycles. The number of benzene rings is 1. The Kier molecular flexibility index (Phi) is 6.64. The van der Waals surface area contributed by atoms with Crippen molar-refractivity contribution in [3.8, 4) is 0 Å². The first-order chi connectivity index (χ1) is 13.8. The first-order valence-corrected chi connectivity index (χ1v) is 10.2. The molecule has 1 N–H and O–H groups in total. The molecule has 0 spiro atoms. The van der Waals surface area contributed by atoms with Gasteiger partial charge in [0.2, 0.25) is 0 Å². The maximum absolute atomic E-state index is 14.0. The minimum Gasteiger partial charge on any atom is -0.363 e. The molecule has 0 fully saturated rings. The Bertz CT molecular complexity index is 996. The van der Waals surface area contributed by atoms with Crippen LogP contribution >= 0.6 is 23.4 Å². The van der Waals surface area contributed by atoms with E-state index in [0.29, 0.717) is 30.2 Å². The van der Waals surface area contributed by atoms with Crippen molar-refractivity contribution in [3.05, 3.63) is 58.1 Å². The van der Waals surface area contributed by atoms with Crippen LogP contribution in [0.4, 0.5) is 8.78 Å². The van der Waals surface area contributed by atoms with Crippen LogP contribution in [0.5, 0.6) is 0 Å². The van der Waals surface area contributed by atoms with Gasteiger partial charge in [-0.2, -0.15) is 0 Å². The van der Waals surface area contributed by atoms with E-state index in [1.54, 1.807) is 13.8 Å². The van der Waals surface area contributed by atoms with Gasteiger partial charge in [0, 0.05) is 35.2 Å². The van der Waals surface area contributed by atoms with E-state index in [0.717, 1.165) is 35.3 Å². The molecule has 0 atom stereocenters. The van der Waals surface area contributed by atoms with E-state index < -0.39 is 11.6 Å². The predicted molar refractivity (Wildman–Crippen MR) is 108 cm³/mol. The Balaban J connectivity index is 1.88. The van der Waals surface area contributed by atoms with Gasteiger partial charge in [-0.05, 0) is 18.6 Å². The maximum Gasteiger partial charge on any atom is 0.178 e. The highest BCUT2D eigenvalue weighted by Gasteiger charge is 2.26. The minimum atomic E-state index is -0.646. The molecule has 1 aromatic carbocycles. The average molecular weight is 437 g/mol. The highest BCUT2D eigenvalue weighted by atomic mass is 35.5. The lowest BCUT2D eigenvalue weighted by atomic mass is 10.0. The molecule has 0 saturated carbocycles. The Labute approximate surface area is 176 Å². The van der Waals surface area contributed by atoms with Crippen molar-refractivity contribution in [1.29, 1.82) is 5.41 Å². The predicted octanol–water partition coefficient (Wildman–Crippen LogP) is 4.59. The summed E-state index contributed by atoms with van der Waals surface area (Å²) >= 11 is 7.37. The summed E-state index contributed by atoms with van der Waals surface area (Å²) in [6.07, 6.45) is 3.01. The van der Waals surface area contributed by atoms with Gasteiger partial charge in [0.25, 0.3) is 0 Å².